The Morgan fingerprint density at radius 3 is 2.58 bits per heavy atom. The molecule has 2 aromatic rings. The smallest absolute Gasteiger partial charge is 0.407 e. The summed E-state index contributed by atoms with van der Waals surface area (Å²) in [6.45, 7) is 0.569. The van der Waals surface area contributed by atoms with Crippen molar-refractivity contribution in [3.05, 3.63) is 77.1 Å². The monoisotopic (exact) mass is 357 g/mol. The molecule has 0 aliphatic carbocycles. The number of carbonyl (C=O) groups excluding carboxylic acids is 1. The molecule has 2 rings (SSSR count). The highest BCUT2D eigenvalue weighted by molar-refractivity contribution is 5.70. The van der Waals surface area contributed by atoms with Gasteiger partial charge in [0.2, 0.25) is 0 Å². The van der Waals surface area contributed by atoms with E-state index in [1.807, 2.05) is 30.3 Å². The minimum Gasteiger partial charge on any atom is -0.481 e. The molecule has 0 heterocycles. The molecule has 2 aromatic carbocycles. The second-order valence-electron chi connectivity index (χ2n) is 5.61. The standard InChI is InChI=1S/C20H20FNO4/c21-18-12-16(13-19(23)24)9-10-17(18)8-4-5-11-22-20(25)26-14-15-6-2-1-3-7-15/h1-4,6-10,12H,5,11,13-14H2,(H,22,25)(H,23,24). The molecule has 0 aliphatic rings. The van der Waals surface area contributed by atoms with Gasteiger partial charge in [0, 0.05) is 12.1 Å². The van der Waals surface area contributed by atoms with Gasteiger partial charge in [-0.25, -0.2) is 9.18 Å². The molecule has 2 N–H and O–H groups in total. The molecular formula is C20H20FNO4. The van der Waals surface area contributed by atoms with Crippen molar-refractivity contribution in [2.24, 2.45) is 0 Å². The quantitative estimate of drug-likeness (QED) is 0.705. The third kappa shape index (κ3) is 6.76. The van der Waals surface area contributed by atoms with Crippen LogP contribution in [0.15, 0.2) is 54.6 Å². The van der Waals surface area contributed by atoms with Crippen molar-refractivity contribution in [3.8, 4) is 0 Å². The van der Waals surface area contributed by atoms with Crippen LogP contribution in [0.5, 0.6) is 0 Å². The average Bonchev–Trinajstić information content (AvgIpc) is 2.61. The first-order valence-corrected chi connectivity index (χ1v) is 8.16. The van der Waals surface area contributed by atoms with E-state index in [2.05, 4.69) is 5.32 Å². The van der Waals surface area contributed by atoms with Crippen LogP contribution in [0.25, 0.3) is 6.08 Å². The topological polar surface area (TPSA) is 75.6 Å². The zero-order valence-electron chi connectivity index (χ0n) is 14.2. The lowest BCUT2D eigenvalue weighted by Gasteiger charge is -2.06. The summed E-state index contributed by atoms with van der Waals surface area (Å²) in [4.78, 5) is 22.2. The number of aliphatic carboxylic acids is 1. The van der Waals surface area contributed by atoms with Crippen LogP contribution in [0.2, 0.25) is 0 Å². The third-order valence-electron chi connectivity index (χ3n) is 3.51. The Balaban J connectivity index is 1.70. The molecule has 0 fully saturated rings. The maximum atomic E-state index is 13.9. The first-order valence-electron chi connectivity index (χ1n) is 8.16. The number of alkyl carbamates (subject to hydrolysis) is 1. The average molecular weight is 357 g/mol. The molecule has 1 amide bonds. The Labute approximate surface area is 151 Å². The Kier molecular flexibility index (Phi) is 7.36. The molecule has 26 heavy (non-hydrogen) atoms. The summed E-state index contributed by atoms with van der Waals surface area (Å²) in [6.07, 6.45) is 3.11. The maximum Gasteiger partial charge on any atom is 0.407 e. The second kappa shape index (κ2) is 9.98. The van der Waals surface area contributed by atoms with E-state index in [0.717, 1.165) is 5.56 Å². The minimum absolute atomic E-state index is 0.205. The van der Waals surface area contributed by atoms with E-state index in [1.165, 1.54) is 12.1 Å². The summed E-state index contributed by atoms with van der Waals surface area (Å²) in [6, 6.07) is 13.7. The van der Waals surface area contributed by atoms with Crippen LogP contribution in [-0.2, 0) is 22.6 Å². The van der Waals surface area contributed by atoms with E-state index in [4.69, 9.17) is 9.84 Å². The van der Waals surface area contributed by atoms with Gasteiger partial charge in [0.25, 0.3) is 0 Å². The summed E-state index contributed by atoms with van der Waals surface area (Å²) in [5, 5.41) is 11.3. The van der Waals surface area contributed by atoms with Crippen LogP contribution in [0, 0.1) is 5.82 Å². The molecule has 0 unspecified atom stereocenters. The zero-order valence-corrected chi connectivity index (χ0v) is 14.2. The van der Waals surface area contributed by atoms with Gasteiger partial charge in [-0.1, -0.05) is 54.6 Å². The van der Waals surface area contributed by atoms with Crippen LogP contribution in [0.3, 0.4) is 0 Å². The molecule has 0 saturated carbocycles. The van der Waals surface area contributed by atoms with E-state index < -0.39 is 17.9 Å². The minimum atomic E-state index is -1.00. The van der Waals surface area contributed by atoms with Gasteiger partial charge in [-0.15, -0.1) is 0 Å². The van der Waals surface area contributed by atoms with Crippen LogP contribution in [0.1, 0.15) is 23.1 Å². The fourth-order valence-electron chi connectivity index (χ4n) is 2.23. The van der Waals surface area contributed by atoms with Crippen LogP contribution >= 0.6 is 0 Å². The number of hydrogen-bond donors (Lipinski definition) is 2. The summed E-state index contributed by atoms with van der Waals surface area (Å²) in [7, 11) is 0. The number of halogens is 1. The highest BCUT2D eigenvalue weighted by atomic mass is 19.1. The Hall–Kier alpha value is -3.15. The second-order valence-corrected chi connectivity index (χ2v) is 5.61. The van der Waals surface area contributed by atoms with Gasteiger partial charge in [0.15, 0.2) is 0 Å². The van der Waals surface area contributed by atoms with E-state index in [-0.39, 0.29) is 13.0 Å². The van der Waals surface area contributed by atoms with Gasteiger partial charge in [-0.3, -0.25) is 4.79 Å². The number of carbonyl (C=O) groups is 2. The molecular weight excluding hydrogens is 337 g/mol. The van der Waals surface area contributed by atoms with Gasteiger partial charge >= 0.3 is 12.1 Å². The SMILES string of the molecule is O=C(O)Cc1ccc(C=CCCNC(=O)OCc2ccccc2)c(F)c1. The Morgan fingerprint density at radius 1 is 1.12 bits per heavy atom. The largest absolute Gasteiger partial charge is 0.481 e. The number of hydrogen-bond acceptors (Lipinski definition) is 3. The highest BCUT2D eigenvalue weighted by Crippen LogP contribution is 2.13. The van der Waals surface area contributed by atoms with E-state index in [9.17, 15) is 14.0 Å². The lowest BCUT2D eigenvalue weighted by molar-refractivity contribution is -0.136. The van der Waals surface area contributed by atoms with E-state index >= 15 is 0 Å². The van der Waals surface area contributed by atoms with Crippen molar-refractivity contribution in [1.29, 1.82) is 0 Å². The first-order chi connectivity index (χ1) is 12.5. The summed E-state index contributed by atoms with van der Waals surface area (Å²) >= 11 is 0. The Bertz CT molecular complexity index is 775. The van der Waals surface area contributed by atoms with Gasteiger partial charge in [-0.2, -0.15) is 0 Å². The molecule has 0 radical (unpaired) electrons. The number of carboxylic acids is 1. The predicted octanol–water partition coefficient (Wildman–Crippen LogP) is 3.78. The lowest BCUT2D eigenvalue weighted by atomic mass is 10.1. The highest BCUT2D eigenvalue weighted by Gasteiger charge is 2.05. The molecule has 0 bridgehead atoms. The molecule has 0 saturated heterocycles. The Morgan fingerprint density at radius 2 is 1.88 bits per heavy atom. The van der Waals surface area contributed by atoms with E-state index in [0.29, 0.717) is 24.1 Å². The molecule has 136 valence electrons. The van der Waals surface area contributed by atoms with Gasteiger partial charge < -0.3 is 15.2 Å². The summed E-state index contributed by atoms with van der Waals surface area (Å²) < 4.78 is 18.9. The van der Waals surface area contributed by atoms with Crippen molar-refractivity contribution in [2.45, 2.75) is 19.4 Å². The molecule has 0 aromatic heterocycles. The number of nitrogens with one attached hydrogen (secondary N) is 1. The predicted molar refractivity (Wildman–Crippen MR) is 96.0 cm³/mol. The number of carboxylic acid groups (broad SMARTS) is 1. The molecule has 0 spiro atoms. The molecule has 5 nitrogen and oxygen atoms in total. The van der Waals surface area contributed by atoms with Crippen LogP contribution < -0.4 is 5.32 Å². The van der Waals surface area contributed by atoms with Crippen LogP contribution in [-0.4, -0.2) is 23.7 Å². The lowest BCUT2D eigenvalue weighted by Crippen LogP contribution is -2.24. The summed E-state index contributed by atoms with van der Waals surface area (Å²) in [5.74, 6) is -1.48. The van der Waals surface area contributed by atoms with Gasteiger partial charge in [-0.05, 0) is 23.6 Å². The molecule has 6 heteroatoms. The number of ether oxygens (including phenoxy) is 1. The van der Waals surface area contributed by atoms with E-state index in [1.54, 1.807) is 18.2 Å². The summed E-state index contributed by atoms with van der Waals surface area (Å²) in [5.41, 5.74) is 1.69. The van der Waals surface area contributed by atoms with Crippen molar-refractivity contribution in [2.75, 3.05) is 6.54 Å². The maximum absolute atomic E-state index is 13.9. The van der Waals surface area contributed by atoms with Crippen molar-refractivity contribution < 1.29 is 23.8 Å². The van der Waals surface area contributed by atoms with Crippen molar-refractivity contribution >= 4 is 18.1 Å². The van der Waals surface area contributed by atoms with Gasteiger partial charge in [0.05, 0.1) is 6.42 Å². The molecule has 0 aliphatic heterocycles. The fraction of sp³-hybridized carbons (Fsp3) is 0.200. The molecule has 0 atom stereocenters. The zero-order chi connectivity index (χ0) is 18.8. The third-order valence-corrected chi connectivity index (χ3v) is 3.51. The first kappa shape index (κ1) is 19.2. The normalized spacial score (nSPS) is 10.7. The fourth-order valence-corrected chi connectivity index (χ4v) is 2.23. The van der Waals surface area contributed by atoms with Crippen molar-refractivity contribution in [1.82, 2.24) is 5.32 Å². The number of benzene rings is 2. The number of amides is 1. The van der Waals surface area contributed by atoms with Crippen LogP contribution in [0.4, 0.5) is 9.18 Å². The van der Waals surface area contributed by atoms with Gasteiger partial charge in [0.1, 0.15) is 12.4 Å². The van der Waals surface area contributed by atoms with Crippen molar-refractivity contribution in [3.63, 3.8) is 0 Å². The number of rotatable bonds is 8.